The van der Waals surface area contributed by atoms with Crippen molar-refractivity contribution in [2.75, 3.05) is 5.32 Å². The van der Waals surface area contributed by atoms with Gasteiger partial charge in [-0.05, 0) is 24.6 Å². The van der Waals surface area contributed by atoms with Crippen molar-refractivity contribution in [2.24, 2.45) is 0 Å². The first kappa shape index (κ1) is 13.2. The number of aromatic nitrogens is 3. The second-order valence-corrected chi connectivity index (χ2v) is 4.74. The summed E-state index contributed by atoms with van der Waals surface area (Å²) < 4.78 is 0. The van der Waals surface area contributed by atoms with Crippen molar-refractivity contribution in [3.05, 3.63) is 72.2 Å². The van der Waals surface area contributed by atoms with Crippen molar-refractivity contribution in [2.45, 2.75) is 13.5 Å². The molecule has 3 aromatic rings. The predicted molar refractivity (Wildman–Crippen MR) is 83.8 cm³/mol. The van der Waals surface area contributed by atoms with Gasteiger partial charge >= 0.3 is 0 Å². The van der Waals surface area contributed by atoms with Crippen molar-refractivity contribution in [1.29, 1.82) is 0 Å². The van der Waals surface area contributed by atoms with Crippen LogP contribution in [0.5, 0.6) is 0 Å². The molecule has 104 valence electrons. The van der Waals surface area contributed by atoms with Gasteiger partial charge in [0.25, 0.3) is 0 Å². The first-order chi connectivity index (χ1) is 10.3. The molecule has 4 nitrogen and oxygen atoms in total. The van der Waals surface area contributed by atoms with Crippen molar-refractivity contribution in [3.8, 4) is 11.4 Å². The van der Waals surface area contributed by atoms with Gasteiger partial charge in [0.1, 0.15) is 11.6 Å². The molecule has 0 fully saturated rings. The van der Waals surface area contributed by atoms with E-state index in [0.717, 1.165) is 29.6 Å². The zero-order valence-electron chi connectivity index (χ0n) is 11.8. The van der Waals surface area contributed by atoms with Gasteiger partial charge in [-0.1, -0.05) is 36.4 Å². The van der Waals surface area contributed by atoms with Crippen LogP contribution in [0.15, 0.2) is 60.8 Å². The van der Waals surface area contributed by atoms with Gasteiger partial charge in [0, 0.05) is 18.8 Å². The number of hydrogen-bond acceptors (Lipinski definition) is 4. The SMILES string of the molecule is Cc1nc(NCc2ccccc2)cc(-c2ccccn2)n1. The minimum atomic E-state index is 0.730. The smallest absolute Gasteiger partial charge is 0.130 e. The fourth-order valence-electron chi connectivity index (χ4n) is 2.09. The molecule has 0 atom stereocenters. The van der Waals surface area contributed by atoms with E-state index < -0.39 is 0 Å². The molecule has 0 bridgehead atoms. The molecule has 1 N–H and O–H groups in total. The predicted octanol–water partition coefficient (Wildman–Crippen LogP) is 3.46. The Morgan fingerprint density at radius 2 is 1.71 bits per heavy atom. The summed E-state index contributed by atoms with van der Waals surface area (Å²) in [5, 5.41) is 3.33. The van der Waals surface area contributed by atoms with Gasteiger partial charge in [-0.3, -0.25) is 4.98 Å². The fourth-order valence-corrected chi connectivity index (χ4v) is 2.09. The van der Waals surface area contributed by atoms with Gasteiger partial charge in [-0.15, -0.1) is 0 Å². The van der Waals surface area contributed by atoms with E-state index in [1.54, 1.807) is 6.20 Å². The molecular formula is C17H16N4. The zero-order chi connectivity index (χ0) is 14.5. The number of rotatable bonds is 4. The Balaban J connectivity index is 1.82. The van der Waals surface area contributed by atoms with E-state index in [1.807, 2.05) is 49.4 Å². The van der Waals surface area contributed by atoms with Crippen LogP contribution in [0.2, 0.25) is 0 Å². The fraction of sp³-hybridized carbons (Fsp3) is 0.118. The van der Waals surface area contributed by atoms with Crippen LogP contribution in [0.3, 0.4) is 0 Å². The van der Waals surface area contributed by atoms with Crippen LogP contribution in [0.25, 0.3) is 11.4 Å². The molecule has 0 aliphatic heterocycles. The van der Waals surface area contributed by atoms with Crippen LogP contribution in [-0.4, -0.2) is 15.0 Å². The molecule has 0 saturated carbocycles. The van der Waals surface area contributed by atoms with Crippen LogP contribution >= 0.6 is 0 Å². The Morgan fingerprint density at radius 3 is 2.48 bits per heavy atom. The molecule has 0 amide bonds. The number of aryl methyl sites for hydroxylation is 1. The molecule has 3 rings (SSSR count). The van der Waals surface area contributed by atoms with Gasteiger partial charge in [0.05, 0.1) is 11.4 Å². The largest absolute Gasteiger partial charge is 0.366 e. The first-order valence-electron chi connectivity index (χ1n) is 6.86. The van der Waals surface area contributed by atoms with Crippen LogP contribution in [0.4, 0.5) is 5.82 Å². The van der Waals surface area contributed by atoms with Gasteiger partial charge in [-0.2, -0.15) is 0 Å². The molecule has 1 aromatic carbocycles. The summed E-state index contributed by atoms with van der Waals surface area (Å²) in [6.07, 6.45) is 1.77. The summed E-state index contributed by atoms with van der Waals surface area (Å²) in [6.45, 7) is 2.62. The molecule has 0 radical (unpaired) electrons. The van der Waals surface area contributed by atoms with Crippen LogP contribution in [0.1, 0.15) is 11.4 Å². The first-order valence-corrected chi connectivity index (χ1v) is 6.86. The standard InChI is InChI=1S/C17H16N4/c1-13-20-16(15-9-5-6-10-18-15)11-17(21-13)19-12-14-7-3-2-4-8-14/h2-11H,12H2,1H3,(H,19,20,21). The number of pyridine rings is 1. The van der Waals surface area contributed by atoms with E-state index in [2.05, 4.69) is 32.4 Å². The molecule has 0 spiro atoms. The maximum absolute atomic E-state index is 4.45. The van der Waals surface area contributed by atoms with E-state index in [4.69, 9.17) is 0 Å². The average Bonchev–Trinajstić information content (AvgIpc) is 2.54. The average molecular weight is 276 g/mol. The highest BCUT2D eigenvalue weighted by Crippen LogP contribution is 2.17. The third kappa shape index (κ3) is 3.42. The molecule has 21 heavy (non-hydrogen) atoms. The molecule has 0 unspecified atom stereocenters. The Labute approximate surface area is 123 Å². The summed E-state index contributed by atoms with van der Waals surface area (Å²) in [4.78, 5) is 13.2. The monoisotopic (exact) mass is 276 g/mol. The molecule has 2 aromatic heterocycles. The number of benzene rings is 1. The lowest BCUT2D eigenvalue weighted by atomic mass is 10.2. The third-order valence-corrected chi connectivity index (χ3v) is 3.08. The highest BCUT2D eigenvalue weighted by atomic mass is 15.0. The highest BCUT2D eigenvalue weighted by molar-refractivity contribution is 5.58. The number of nitrogens with one attached hydrogen (secondary N) is 1. The van der Waals surface area contributed by atoms with Crippen molar-refractivity contribution in [3.63, 3.8) is 0 Å². The van der Waals surface area contributed by atoms with E-state index >= 15 is 0 Å². The Morgan fingerprint density at radius 1 is 0.905 bits per heavy atom. The van der Waals surface area contributed by atoms with Crippen LogP contribution in [-0.2, 0) is 6.54 Å². The minimum Gasteiger partial charge on any atom is -0.366 e. The molecule has 0 aliphatic rings. The van der Waals surface area contributed by atoms with Gasteiger partial charge in [0.2, 0.25) is 0 Å². The summed E-state index contributed by atoms with van der Waals surface area (Å²) in [6, 6.07) is 18.0. The third-order valence-electron chi connectivity index (χ3n) is 3.08. The van der Waals surface area contributed by atoms with Gasteiger partial charge < -0.3 is 5.32 Å². The lowest BCUT2D eigenvalue weighted by Crippen LogP contribution is -2.04. The summed E-state index contributed by atoms with van der Waals surface area (Å²) >= 11 is 0. The maximum atomic E-state index is 4.45. The van der Waals surface area contributed by atoms with E-state index in [1.165, 1.54) is 5.56 Å². The normalized spacial score (nSPS) is 10.3. The van der Waals surface area contributed by atoms with E-state index in [0.29, 0.717) is 0 Å². The Hall–Kier alpha value is -2.75. The second-order valence-electron chi connectivity index (χ2n) is 4.74. The molecule has 4 heteroatoms. The topological polar surface area (TPSA) is 50.7 Å². The van der Waals surface area contributed by atoms with Crippen molar-refractivity contribution in [1.82, 2.24) is 15.0 Å². The maximum Gasteiger partial charge on any atom is 0.130 e. The minimum absolute atomic E-state index is 0.730. The van der Waals surface area contributed by atoms with Crippen LogP contribution < -0.4 is 5.32 Å². The number of nitrogens with zero attached hydrogens (tertiary/aromatic N) is 3. The molecule has 2 heterocycles. The summed E-state index contributed by atoms with van der Waals surface area (Å²) in [7, 11) is 0. The molecular weight excluding hydrogens is 260 g/mol. The van der Waals surface area contributed by atoms with E-state index in [9.17, 15) is 0 Å². The summed E-state index contributed by atoms with van der Waals surface area (Å²) in [5.74, 6) is 1.54. The van der Waals surface area contributed by atoms with Crippen molar-refractivity contribution < 1.29 is 0 Å². The Bertz CT molecular complexity index is 711. The van der Waals surface area contributed by atoms with Gasteiger partial charge in [0.15, 0.2) is 0 Å². The van der Waals surface area contributed by atoms with Crippen molar-refractivity contribution >= 4 is 5.82 Å². The van der Waals surface area contributed by atoms with Crippen LogP contribution in [0, 0.1) is 6.92 Å². The number of hydrogen-bond donors (Lipinski definition) is 1. The highest BCUT2D eigenvalue weighted by Gasteiger charge is 2.05. The lowest BCUT2D eigenvalue weighted by molar-refractivity contribution is 1.02. The molecule has 0 aliphatic carbocycles. The van der Waals surface area contributed by atoms with E-state index in [-0.39, 0.29) is 0 Å². The second kappa shape index (κ2) is 6.13. The zero-order valence-corrected chi connectivity index (χ0v) is 11.8. The van der Waals surface area contributed by atoms with Gasteiger partial charge in [-0.25, -0.2) is 9.97 Å². The lowest BCUT2D eigenvalue weighted by Gasteiger charge is -2.08. The Kier molecular flexibility index (Phi) is 3.87. The summed E-state index contributed by atoms with van der Waals surface area (Å²) in [5.41, 5.74) is 2.90. The number of anilines is 1. The molecule has 0 saturated heterocycles. The quantitative estimate of drug-likeness (QED) is 0.793.